The number of allylic oxidation sites excluding steroid dienone is 1. The molecule has 0 N–H and O–H groups in total. The number of Topliss-reactive ketones (excluding diaryl/α,β-unsaturated/α-hetero) is 2. The number of nitrogens with zero attached hydrogens (tertiary/aromatic N) is 2. The molecule has 2 unspecified atom stereocenters. The van der Waals surface area contributed by atoms with Crippen molar-refractivity contribution in [1.29, 1.82) is 0 Å². The number of nitro groups is 2. The Kier molecular flexibility index (Phi) is 9.22. The molecule has 0 bridgehead atoms. The first-order valence-electron chi connectivity index (χ1n) is 8.97. The van der Waals surface area contributed by atoms with Crippen molar-refractivity contribution in [2.24, 2.45) is 11.8 Å². The topological polar surface area (TPSA) is 120 Å². The zero-order chi connectivity index (χ0) is 24.9. The molecule has 0 radical (unpaired) electrons. The van der Waals surface area contributed by atoms with Crippen molar-refractivity contribution in [3.05, 3.63) is 90.5 Å². The summed E-state index contributed by atoms with van der Waals surface area (Å²) in [5, 5.41) is 21.7. The number of non-ortho nitro benzene ring substituents is 2. The highest BCUT2D eigenvalue weighted by Crippen LogP contribution is 2.44. The minimum Gasteiger partial charge on any atom is -0.294 e. The lowest BCUT2D eigenvalue weighted by molar-refractivity contribution is -0.385. The monoisotopic (exact) mass is 552 g/mol. The molecule has 0 aromatic heterocycles. The van der Waals surface area contributed by atoms with Gasteiger partial charge in [-0.05, 0) is 30.3 Å². The van der Waals surface area contributed by atoms with Crippen molar-refractivity contribution in [3.63, 3.8) is 0 Å². The van der Waals surface area contributed by atoms with E-state index in [-0.39, 0.29) is 27.0 Å². The summed E-state index contributed by atoms with van der Waals surface area (Å²) in [6.45, 7) is 0. The number of nitro benzene ring substituents is 2. The molecule has 0 spiro atoms. The van der Waals surface area contributed by atoms with Crippen LogP contribution in [0.3, 0.4) is 0 Å². The van der Waals surface area contributed by atoms with Gasteiger partial charge in [0.2, 0.25) is 0 Å². The highest BCUT2D eigenvalue weighted by Gasteiger charge is 2.42. The van der Waals surface area contributed by atoms with Crippen LogP contribution in [0.5, 0.6) is 0 Å². The van der Waals surface area contributed by atoms with Crippen LogP contribution in [-0.2, 0) is 0 Å². The van der Waals surface area contributed by atoms with E-state index in [1.165, 1.54) is 24.3 Å². The average molecular weight is 555 g/mol. The highest BCUT2D eigenvalue weighted by atomic mass is 35.6. The third-order valence-corrected chi connectivity index (χ3v) is 5.72. The van der Waals surface area contributed by atoms with Gasteiger partial charge in [-0.3, -0.25) is 29.8 Å². The molecule has 0 aliphatic heterocycles. The summed E-state index contributed by atoms with van der Waals surface area (Å²) in [5.74, 6) is -3.73. The Morgan fingerprint density at radius 1 is 0.848 bits per heavy atom. The summed E-state index contributed by atoms with van der Waals surface area (Å²) in [4.78, 5) is 46.5. The number of rotatable bonds is 9. The maximum absolute atomic E-state index is 13.2. The normalized spacial score (nSPS) is 13.0. The first-order chi connectivity index (χ1) is 15.3. The largest absolute Gasteiger partial charge is 0.294 e. The van der Waals surface area contributed by atoms with Crippen LogP contribution in [0.2, 0.25) is 0 Å². The fraction of sp³-hybridized carbons (Fsp3) is 0.200. The number of carbonyl (C=O) groups excluding carboxylic acids is 2. The second kappa shape index (κ2) is 11.3. The molecule has 0 aliphatic rings. The number of hydrogen-bond acceptors (Lipinski definition) is 6. The molecule has 33 heavy (non-hydrogen) atoms. The third kappa shape index (κ3) is 7.38. The molecular formula is C20H13Cl5N2O6. The van der Waals surface area contributed by atoms with E-state index in [0.717, 1.165) is 30.3 Å². The van der Waals surface area contributed by atoms with Crippen molar-refractivity contribution in [2.45, 2.75) is 10.2 Å². The maximum Gasteiger partial charge on any atom is 0.269 e. The van der Waals surface area contributed by atoms with Crippen molar-refractivity contribution in [1.82, 2.24) is 0 Å². The first kappa shape index (κ1) is 27.0. The minimum atomic E-state index is -2.13. The molecule has 0 heterocycles. The molecule has 8 nitrogen and oxygen atoms in total. The molecule has 13 heteroatoms. The molecule has 2 aromatic carbocycles. The summed E-state index contributed by atoms with van der Waals surface area (Å²) < 4.78 is -2.45. The average Bonchev–Trinajstić information content (AvgIpc) is 2.74. The number of ketones is 2. The smallest absolute Gasteiger partial charge is 0.269 e. The van der Waals surface area contributed by atoms with Crippen LogP contribution < -0.4 is 0 Å². The van der Waals surface area contributed by atoms with Gasteiger partial charge in [0.15, 0.2) is 15.4 Å². The standard InChI is InChI=1S/C20H13Cl5N2O6/c21-18(22)9-15(19(29)12-3-7-14(8-4-12)27(32)33)16(20(23,24)25)10-17(28)11-1-5-13(6-2-11)26(30)31/h1-9,15-16H,10H2. The molecule has 2 rings (SSSR count). The van der Waals surface area contributed by atoms with Crippen molar-refractivity contribution < 1.29 is 19.4 Å². The van der Waals surface area contributed by atoms with Crippen LogP contribution in [0, 0.1) is 32.1 Å². The van der Waals surface area contributed by atoms with Crippen molar-refractivity contribution in [3.8, 4) is 0 Å². The Morgan fingerprint density at radius 3 is 1.64 bits per heavy atom. The molecule has 0 fully saturated rings. The molecule has 2 aromatic rings. The van der Waals surface area contributed by atoms with Crippen LogP contribution in [0.1, 0.15) is 27.1 Å². The van der Waals surface area contributed by atoms with E-state index in [0.29, 0.717) is 0 Å². The third-order valence-electron chi connectivity index (χ3n) is 4.63. The van der Waals surface area contributed by atoms with E-state index in [9.17, 15) is 29.8 Å². The number of hydrogen-bond donors (Lipinski definition) is 0. The van der Waals surface area contributed by atoms with Gasteiger partial charge in [-0.2, -0.15) is 0 Å². The van der Waals surface area contributed by atoms with Crippen LogP contribution in [0.25, 0.3) is 0 Å². The van der Waals surface area contributed by atoms with Gasteiger partial charge in [-0.1, -0.05) is 58.0 Å². The second-order valence-corrected chi connectivity index (χ2v) is 10.1. The Morgan fingerprint density at radius 2 is 1.27 bits per heavy atom. The minimum absolute atomic E-state index is 0.0402. The Bertz CT molecular complexity index is 1090. The SMILES string of the molecule is O=C(CC(C(C=C(Cl)Cl)C(=O)c1ccc([N+](=O)[O-])cc1)C(Cl)(Cl)Cl)c1ccc([N+](=O)[O-])cc1. The van der Waals surface area contributed by atoms with Crippen LogP contribution >= 0.6 is 58.0 Å². The van der Waals surface area contributed by atoms with Crippen LogP contribution in [-0.4, -0.2) is 25.2 Å². The molecule has 2 atom stereocenters. The van der Waals surface area contributed by atoms with E-state index in [1.807, 2.05) is 0 Å². The van der Waals surface area contributed by atoms with Gasteiger partial charge < -0.3 is 0 Å². The van der Waals surface area contributed by atoms with Crippen LogP contribution in [0.15, 0.2) is 59.1 Å². The molecule has 0 amide bonds. The van der Waals surface area contributed by atoms with Gasteiger partial charge in [-0.15, -0.1) is 0 Å². The maximum atomic E-state index is 13.2. The fourth-order valence-electron chi connectivity index (χ4n) is 2.98. The van der Waals surface area contributed by atoms with E-state index in [4.69, 9.17) is 58.0 Å². The summed E-state index contributed by atoms with van der Waals surface area (Å²) in [5.41, 5.74) is -0.311. The van der Waals surface area contributed by atoms with E-state index < -0.39 is 43.5 Å². The summed E-state index contributed by atoms with van der Waals surface area (Å²) >= 11 is 29.9. The lowest BCUT2D eigenvalue weighted by Crippen LogP contribution is -2.34. The Balaban J connectivity index is 2.42. The van der Waals surface area contributed by atoms with E-state index in [1.54, 1.807) is 0 Å². The molecule has 174 valence electrons. The molecular weight excluding hydrogens is 541 g/mol. The zero-order valence-corrected chi connectivity index (χ0v) is 20.1. The quantitative estimate of drug-likeness (QED) is 0.144. The molecule has 0 aliphatic carbocycles. The lowest BCUT2D eigenvalue weighted by atomic mass is 9.82. The first-order valence-corrected chi connectivity index (χ1v) is 10.9. The van der Waals surface area contributed by atoms with Crippen molar-refractivity contribution >= 4 is 80.9 Å². The number of carbonyl (C=O) groups is 2. The van der Waals surface area contributed by atoms with Crippen LogP contribution in [0.4, 0.5) is 11.4 Å². The second-order valence-electron chi connectivity index (χ2n) is 6.73. The fourth-order valence-corrected chi connectivity index (χ4v) is 3.89. The summed E-state index contributed by atoms with van der Waals surface area (Å²) in [6, 6.07) is 9.47. The van der Waals surface area contributed by atoms with E-state index >= 15 is 0 Å². The van der Waals surface area contributed by atoms with Crippen molar-refractivity contribution in [2.75, 3.05) is 0 Å². The number of alkyl halides is 3. The van der Waals surface area contributed by atoms with Gasteiger partial charge in [-0.25, -0.2) is 0 Å². The van der Waals surface area contributed by atoms with E-state index in [2.05, 4.69) is 0 Å². The van der Waals surface area contributed by atoms with Gasteiger partial charge in [0.25, 0.3) is 11.4 Å². The highest BCUT2D eigenvalue weighted by molar-refractivity contribution is 6.68. The Labute approximate surface area is 212 Å². The summed E-state index contributed by atoms with van der Waals surface area (Å²) in [6.07, 6.45) is 0.664. The Hall–Kier alpha value is -2.23. The predicted octanol–water partition coefficient (Wildman–Crippen LogP) is 6.88. The molecule has 0 saturated carbocycles. The lowest BCUT2D eigenvalue weighted by Gasteiger charge is -2.29. The van der Waals surface area contributed by atoms with Gasteiger partial charge in [0.05, 0.1) is 15.8 Å². The van der Waals surface area contributed by atoms with Gasteiger partial charge in [0, 0.05) is 47.7 Å². The zero-order valence-electron chi connectivity index (χ0n) is 16.3. The number of benzene rings is 2. The van der Waals surface area contributed by atoms with Gasteiger partial charge in [0.1, 0.15) is 4.49 Å². The summed E-state index contributed by atoms with van der Waals surface area (Å²) in [7, 11) is 0. The number of halogens is 5. The predicted molar refractivity (Wildman–Crippen MR) is 127 cm³/mol. The van der Waals surface area contributed by atoms with Gasteiger partial charge >= 0.3 is 0 Å². The molecule has 0 saturated heterocycles.